The molecule has 0 aliphatic carbocycles. The zero-order valence-corrected chi connectivity index (χ0v) is 13.6. The van der Waals surface area contributed by atoms with Crippen molar-refractivity contribution in [3.63, 3.8) is 0 Å². The molecule has 1 aromatic heterocycles. The van der Waals surface area contributed by atoms with Crippen molar-refractivity contribution in [2.24, 2.45) is 5.73 Å². The molecule has 1 aliphatic rings. The lowest BCUT2D eigenvalue weighted by Crippen LogP contribution is -2.33. The predicted molar refractivity (Wildman–Crippen MR) is 91.5 cm³/mol. The van der Waals surface area contributed by atoms with Crippen LogP contribution >= 0.6 is 0 Å². The number of benzene rings is 1. The molecule has 2 heterocycles. The summed E-state index contributed by atoms with van der Waals surface area (Å²) in [6.45, 7) is 9.42. The summed E-state index contributed by atoms with van der Waals surface area (Å²) >= 11 is 0. The van der Waals surface area contributed by atoms with Crippen molar-refractivity contribution < 1.29 is 0 Å². The van der Waals surface area contributed by atoms with Gasteiger partial charge in [0.2, 0.25) is 0 Å². The molecule has 1 aliphatic heterocycles. The Balaban J connectivity index is 2.27. The van der Waals surface area contributed by atoms with E-state index in [2.05, 4.69) is 43.9 Å². The van der Waals surface area contributed by atoms with E-state index < -0.39 is 0 Å². The third kappa shape index (κ3) is 2.48. The van der Waals surface area contributed by atoms with Crippen LogP contribution in [0.25, 0.3) is 10.9 Å². The van der Waals surface area contributed by atoms with Crippen LogP contribution in [0.1, 0.15) is 49.1 Å². The van der Waals surface area contributed by atoms with Gasteiger partial charge in [-0.15, -0.1) is 0 Å². The molecule has 0 atom stereocenters. The fourth-order valence-electron chi connectivity index (χ4n) is 3.25. The topological polar surface area (TPSA) is 66.0 Å². The van der Waals surface area contributed by atoms with Crippen LogP contribution < -0.4 is 5.73 Å². The highest BCUT2D eigenvalue weighted by Crippen LogP contribution is 2.30. The van der Waals surface area contributed by atoms with Gasteiger partial charge in [-0.3, -0.25) is 15.3 Å². The number of amidine groups is 1. The van der Waals surface area contributed by atoms with Gasteiger partial charge in [0, 0.05) is 36.2 Å². The van der Waals surface area contributed by atoms with Crippen molar-refractivity contribution in [1.82, 2.24) is 9.88 Å². The van der Waals surface area contributed by atoms with Gasteiger partial charge >= 0.3 is 0 Å². The summed E-state index contributed by atoms with van der Waals surface area (Å²) < 4.78 is 0. The van der Waals surface area contributed by atoms with Crippen molar-refractivity contribution in [3.8, 4) is 0 Å². The van der Waals surface area contributed by atoms with Gasteiger partial charge in [-0.25, -0.2) is 0 Å². The molecule has 4 nitrogen and oxygen atoms in total. The first-order chi connectivity index (χ1) is 10.5. The van der Waals surface area contributed by atoms with E-state index in [0.29, 0.717) is 5.92 Å². The van der Waals surface area contributed by atoms with Gasteiger partial charge in [-0.1, -0.05) is 26.8 Å². The summed E-state index contributed by atoms with van der Waals surface area (Å²) in [6.07, 6.45) is 0.936. The molecule has 3 N–H and O–H groups in total. The summed E-state index contributed by atoms with van der Waals surface area (Å²) in [5.74, 6) is 0.606. The average Bonchev–Trinajstić information content (AvgIpc) is 2.50. The molecule has 0 saturated carbocycles. The van der Waals surface area contributed by atoms with E-state index in [4.69, 9.17) is 16.1 Å². The average molecular weight is 296 g/mol. The smallest absolute Gasteiger partial charge is 0.123 e. The molecule has 116 valence electrons. The monoisotopic (exact) mass is 296 g/mol. The first-order valence-electron chi connectivity index (χ1n) is 8.03. The van der Waals surface area contributed by atoms with Gasteiger partial charge in [-0.2, -0.15) is 0 Å². The molecule has 1 aromatic carbocycles. The first kappa shape index (κ1) is 15.0. The number of fused-ring (bicyclic) bond motifs is 2. The number of nitrogens with zero attached hydrogens (tertiary/aromatic N) is 2. The third-order valence-corrected chi connectivity index (χ3v) is 4.63. The second-order valence-electron chi connectivity index (χ2n) is 6.38. The van der Waals surface area contributed by atoms with E-state index in [1.807, 2.05) is 0 Å². The van der Waals surface area contributed by atoms with Crippen LogP contribution in [-0.4, -0.2) is 28.8 Å². The van der Waals surface area contributed by atoms with E-state index in [1.165, 1.54) is 5.56 Å². The largest absolute Gasteiger partial charge is 0.384 e. The molecule has 0 fully saturated rings. The number of rotatable bonds is 3. The van der Waals surface area contributed by atoms with E-state index in [-0.39, 0.29) is 5.84 Å². The zero-order chi connectivity index (χ0) is 15.9. The Morgan fingerprint density at radius 3 is 2.82 bits per heavy atom. The van der Waals surface area contributed by atoms with Gasteiger partial charge in [0.25, 0.3) is 0 Å². The summed E-state index contributed by atoms with van der Waals surface area (Å²) in [5, 5.41) is 9.11. The number of likely N-dealkylation sites (N-methyl/N-ethyl adjacent to an activating group) is 1. The maximum Gasteiger partial charge on any atom is 0.123 e. The minimum Gasteiger partial charge on any atom is -0.384 e. The molecule has 3 rings (SSSR count). The Hall–Kier alpha value is -1.94. The lowest BCUT2D eigenvalue weighted by Gasteiger charge is -2.29. The molecule has 0 spiro atoms. The van der Waals surface area contributed by atoms with Crippen molar-refractivity contribution in [2.75, 3.05) is 13.1 Å². The van der Waals surface area contributed by atoms with E-state index in [9.17, 15) is 0 Å². The van der Waals surface area contributed by atoms with Crippen LogP contribution in [0.4, 0.5) is 0 Å². The van der Waals surface area contributed by atoms with E-state index in [1.54, 1.807) is 0 Å². The Labute approximate surface area is 131 Å². The number of aromatic nitrogens is 1. The van der Waals surface area contributed by atoms with Gasteiger partial charge in [0.15, 0.2) is 0 Å². The first-order valence-corrected chi connectivity index (χ1v) is 8.03. The van der Waals surface area contributed by atoms with Crippen molar-refractivity contribution in [1.29, 1.82) is 5.41 Å². The maximum atomic E-state index is 8.09. The molecule has 0 saturated heterocycles. The Kier molecular flexibility index (Phi) is 3.87. The summed E-state index contributed by atoms with van der Waals surface area (Å²) in [6, 6.07) is 6.37. The molecule has 4 heteroatoms. The van der Waals surface area contributed by atoms with Crippen LogP contribution in [0, 0.1) is 5.41 Å². The van der Waals surface area contributed by atoms with Crippen LogP contribution in [0.3, 0.4) is 0 Å². The highest BCUT2D eigenvalue weighted by atomic mass is 15.1. The fraction of sp³-hybridized carbons (Fsp3) is 0.444. The molecular weight excluding hydrogens is 272 g/mol. The van der Waals surface area contributed by atoms with Gasteiger partial charge in [-0.05, 0) is 35.7 Å². The Morgan fingerprint density at radius 2 is 2.18 bits per heavy atom. The lowest BCUT2D eigenvalue weighted by atomic mass is 9.92. The molecular formula is C18H24N4. The number of hydrogen-bond acceptors (Lipinski definition) is 3. The number of nitrogens with two attached hydrogens (primary N) is 1. The van der Waals surface area contributed by atoms with E-state index >= 15 is 0 Å². The predicted octanol–water partition coefficient (Wildman–Crippen LogP) is 3.02. The van der Waals surface area contributed by atoms with Crippen molar-refractivity contribution >= 4 is 16.7 Å². The summed E-state index contributed by atoms with van der Waals surface area (Å²) in [7, 11) is 0. The zero-order valence-electron chi connectivity index (χ0n) is 13.6. The summed E-state index contributed by atoms with van der Waals surface area (Å²) in [5.41, 5.74) is 11.3. The van der Waals surface area contributed by atoms with Crippen molar-refractivity contribution in [2.45, 2.75) is 39.7 Å². The second kappa shape index (κ2) is 5.69. The van der Waals surface area contributed by atoms with Crippen LogP contribution in [0.5, 0.6) is 0 Å². The Bertz CT molecular complexity index is 733. The van der Waals surface area contributed by atoms with Gasteiger partial charge < -0.3 is 5.73 Å². The highest BCUT2D eigenvalue weighted by Gasteiger charge is 2.23. The van der Waals surface area contributed by atoms with Crippen LogP contribution in [0.15, 0.2) is 18.2 Å². The molecule has 0 bridgehead atoms. The maximum absolute atomic E-state index is 8.09. The third-order valence-electron chi connectivity index (χ3n) is 4.63. The standard InChI is InChI=1S/C18H24N4/c1-4-22-8-7-16-14(10-22)17(18(19)20)13-9-12(11(2)3)5-6-15(13)21-16/h5-6,9,11H,4,7-8,10H2,1-3H3,(H3,19,20). The van der Waals surface area contributed by atoms with Gasteiger partial charge in [0.05, 0.1) is 5.52 Å². The molecule has 0 radical (unpaired) electrons. The summed E-state index contributed by atoms with van der Waals surface area (Å²) in [4.78, 5) is 7.23. The van der Waals surface area contributed by atoms with Crippen molar-refractivity contribution in [3.05, 3.63) is 40.6 Å². The number of hydrogen-bond donors (Lipinski definition) is 2. The Morgan fingerprint density at radius 1 is 1.41 bits per heavy atom. The highest BCUT2D eigenvalue weighted by molar-refractivity contribution is 6.08. The van der Waals surface area contributed by atoms with E-state index in [0.717, 1.165) is 53.8 Å². The lowest BCUT2D eigenvalue weighted by molar-refractivity contribution is 0.266. The number of nitrogens with one attached hydrogen (secondary N) is 1. The SMILES string of the molecule is CCN1CCc2nc3ccc(C(C)C)cc3c(C(=N)N)c2C1. The number of nitrogen functional groups attached to an aromatic ring is 1. The molecule has 0 amide bonds. The van der Waals surface area contributed by atoms with Crippen LogP contribution in [-0.2, 0) is 13.0 Å². The van der Waals surface area contributed by atoms with Crippen LogP contribution in [0.2, 0.25) is 0 Å². The minimum atomic E-state index is 0.155. The van der Waals surface area contributed by atoms with Gasteiger partial charge in [0.1, 0.15) is 5.84 Å². The molecule has 2 aromatic rings. The minimum absolute atomic E-state index is 0.155. The normalized spacial score (nSPS) is 15.3. The molecule has 0 unspecified atom stereocenters. The number of pyridine rings is 1. The fourth-order valence-corrected chi connectivity index (χ4v) is 3.25. The molecule has 22 heavy (non-hydrogen) atoms. The quantitative estimate of drug-likeness (QED) is 0.676. The second-order valence-corrected chi connectivity index (χ2v) is 6.38.